The number of nitrogens with one attached hydrogen (secondary N) is 1. The van der Waals surface area contributed by atoms with Gasteiger partial charge in [0.25, 0.3) is 0 Å². The molecule has 2 rings (SSSR count). The van der Waals surface area contributed by atoms with E-state index in [1.54, 1.807) is 23.9 Å². The van der Waals surface area contributed by atoms with E-state index in [1.165, 1.54) is 6.42 Å². The van der Waals surface area contributed by atoms with Crippen LogP contribution in [0.25, 0.3) is 0 Å². The normalized spacial score (nSPS) is 19.9. The van der Waals surface area contributed by atoms with Gasteiger partial charge in [-0.05, 0) is 36.3 Å². The number of amides is 1. The zero-order valence-electron chi connectivity index (χ0n) is 9.69. The first-order chi connectivity index (χ1) is 8.25. The van der Waals surface area contributed by atoms with E-state index in [1.807, 2.05) is 12.1 Å². The number of carbonyl (C=O) groups is 1. The summed E-state index contributed by atoms with van der Waals surface area (Å²) in [5, 5.41) is 12.2. The first-order valence-corrected chi connectivity index (χ1v) is 6.98. The van der Waals surface area contributed by atoms with Crippen LogP contribution in [0.15, 0.2) is 24.3 Å². The van der Waals surface area contributed by atoms with Crippen molar-refractivity contribution >= 4 is 17.7 Å². The maximum atomic E-state index is 11.9. The van der Waals surface area contributed by atoms with Gasteiger partial charge in [-0.25, -0.2) is 0 Å². The third-order valence-corrected chi connectivity index (χ3v) is 4.25. The Morgan fingerprint density at radius 3 is 2.76 bits per heavy atom. The van der Waals surface area contributed by atoms with Gasteiger partial charge in [-0.3, -0.25) is 4.79 Å². The lowest BCUT2D eigenvalue weighted by molar-refractivity contribution is -0.120. The van der Waals surface area contributed by atoms with Crippen molar-refractivity contribution in [2.45, 2.75) is 31.1 Å². The van der Waals surface area contributed by atoms with Gasteiger partial charge in [0.05, 0.1) is 5.25 Å². The largest absolute Gasteiger partial charge is 0.508 e. The highest BCUT2D eigenvalue weighted by atomic mass is 32.2. The number of hydrogen-bond acceptors (Lipinski definition) is 3. The summed E-state index contributed by atoms with van der Waals surface area (Å²) in [6.07, 6.45) is 3.38. The van der Waals surface area contributed by atoms with Crippen LogP contribution in [0.4, 0.5) is 0 Å². The van der Waals surface area contributed by atoms with Crippen LogP contribution >= 0.6 is 11.8 Å². The highest BCUT2D eigenvalue weighted by molar-refractivity contribution is 8.00. The lowest BCUT2D eigenvalue weighted by atomic mass is 10.1. The van der Waals surface area contributed by atoms with E-state index in [9.17, 15) is 4.79 Å². The van der Waals surface area contributed by atoms with Crippen molar-refractivity contribution in [3.05, 3.63) is 29.8 Å². The first-order valence-electron chi connectivity index (χ1n) is 5.93. The Kier molecular flexibility index (Phi) is 4.31. The third kappa shape index (κ3) is 3.66. The number of aromatic hydroxyl groups is 1. The minimum atomic E-state index is 0.126. The average Bonchev–Trinajstić information content (AvgIpc) is 2.39. The summed E-state index contributed by atoms with van der Waals surface area (Å²) in [6.45, 7) is 0.538. The Morgan fingerprint density at radius 1 is 1.35 bits per heavy atom. The second kappa shape index (κ2) is 5.96. The minimum absolute atomic E-state index is 0.126. The molecule has 17 heavy (non-hydrogen) atoms. The van der Waals surface area contributed by atoms with Crippen LogP contribution in [0.1, 0.15) is 24.8 Å². The average molecular weight is 251 g/mol. The summed E-state index contributed by atoms with van der Waals surface area (Å²) in [4.78, 5) is 11.9. The van der Waals surface area contributed by atoms with Gasteiger partial charge in [0.1, 0.15) is 5.75 Å². The summed E-state index contributed by atoms with van der Waals surface area (Å²) in [5.74, 6) is 1.49. The maximum absolute atomic E-state index is 11.9. The van der Waals surface area contributed by atoms with Gasteiger partial charge in [0.15, 0.2) is 0 Å². The Balaban J connectivity index is 1.81. The van der Waals surface area contributed by atoms with E-state index in [4.69, 9.17) is 5.11 Å². The van der Waals surface area contributed by atoms with Gasteiger partial charge in [-0.1, -0.05) is 18.6 Å². The molecular formula is C13H17NO2S. The molecule has 2 N–H and O–H groups in total. The van der Waals surface area contributed by atoms with Crippen LogP contribution < -0.4 is 5.32 Å². The number of thioether (sulfide) groups is 1. The predicted octanol–water partition coefficient (Wildman–Crippen LogP) is 2.29. The third-order valence-electron chi connectivity index (χ3n) is 2.88. The van der Waals surface area contributed by atoms with Crippen LogP contribution in [0.5, 0.6) is 5.75 Å². The van der Waals surface area contributed by atoms with E-state index in [0.717, 1.165) is 24.2 Å². The fourth-order valence-corrected chi connectivity index (χ4v) is 3.09. The van der Waals surface area contributed by atoms with Crippen molar-refractivity contribution in [3.8, 4) is 5.75 Å². The number of phenols is 1. The maximum Gasteiger partial charge on any atom is 0.233 e. The molecule has 1 aliphatic rings. The molecule has 1 aromatic rings. The van der Waals surface area contributed by atoms with Crippen LogP contribution in [0.2, 0.25) is 0 Å². The Labute approximate surface area is 106 Å². The number of hydrogen-bond donors (Lipinski definition) is 2. The molecule has 3 nitrogen and oxygen atoms in total. The molecule has 0 radical (unpaired) electrons. The van der Waals surface area contributed by atoms with Gasteiger partial charge in [-0.15, -0.1) is 11.8 Å². The van der Waals surface area contributed by atoms with Crippen LogP contribution in [-0.2, 0) is 11.3 Å². The molecule has 1 saturated heterocycles. The molecule has 4 heteroatoms. The molecule has 1 aromatic carbocycles. The second-order valence-corrected chi connectivity index (χ2v) is 5.55. The van der Waals surface area contributed by atoms with Crippen LogP contribution in [0, 0.1) is 0 Å². The smallest absolute Gasteiger partial charge is 0.233 e. The Hall–Kier alpha value is -1.16. The highest BCUT2D eigenvalue weighted by Gasteiger charge is 2.21. The molecule has 1 unspecified atom stereocenters. The Bertz CT molecular complexity index is 372. The van der Waals surface area contributed by atoms with E-state index < -0.39 is 0 Å². The van der Waals surface area contributed by atoms with Crippen molar-refractivity contribution in [3.63, 3.8) is 0 Å². The molecule has 0 aromatic heterocycles. The number of phenolic OH excluding ortho intramolecular Hbond substituents is 1. The predicted molar refractivity (Wildman–Crippen MR) is 70.1 cm³/mol. The van der Waals surface area contributed by atoms with Crippen molar-refractivity contribution in [1.29, 1.82) is 0 Å². The monoisotopic (exact) mass is 251 g/mol. The molecule has 1 heterocycles. The molecule has 0 bridgehead atoms. The van der Waals surface area contributed by atoms with E-state index in [2.05, 4.69) is 5.32 Å². The van der Waals surface area contributed by atoms with E-state index in [-0.39, 0.29) is 16.9 Å². The minimum Gasteiger partial charge on any atom is -0.508 e. The van der Waals surface area contributed by atoms with Gasteiger partial charge in [0.2, 0.25) is 5.91 Å². The van der Waals surface area contributed by atoms with Gasteiger partial charge in [-0.2, -0.15) is 0 Å². The molecule has 1 aliphatic heterocycles. The highest BCUT2D eigenvalue weighted by Crippen LogP contribution is 2.25. The zero-order chi connectivity index (χ0) is 12.1. The topological polar surface area (TPSA) is 49.3 Å². The molecule has 92 valence electrons. The molecule has 1 fully saturated rings. The standard InChI is InChI=1S/C13H17NO2S/c15-11-6-4-10(5-7-11)9-14-13(16)12-3-1-2-8-17-12/h4-7,12,15H,1-3,8-9H2,(H,14,16). The van der Waals surface area contributed by atoms with Crippen molar-refractivity contribution in [2.75, 3.05) is 5.75 Å². The van der Waals surface area contributed by atoms with E-state index >= 15 is 0 Å². The van der Waals surface area contributed by atoms with Gasteiger partial charge >= 0.3 is 0 Å². The summed E-state index contributed by atoms with van der Waals surface area (Å²) >= 11 is 1.76. The lowest BCUT2D eigenvalue weighted by Crippen LogP contribution is -2.33. The zero-order valence-corrected chi connectivity index (χ0v) is 10.5. The molecule has 1 amide bonds. The van der Waals surface area contributed by atoms with Crippen LogP contribution in [-0.4, -0.2) is 22.0 Å². The SMILES string of the molecule is O=C(NCc1ccc(O)cc1)C1CCCCS1. The molecular weight excluding hydrogens is 234 g/mol. The summed E-state index contributed by atoms with van der Waals surface area (Å²) in [5.41, 5.74) is 1.01. The molecule has 0 aliphatic carbocycles. The van der Waals surface area contributed by atoms with E-state index in [0.29, 0.717) is 6.54 Å². The van der Waals surface area contributed by atoms with Gasteiger partial charge < -0.3 is 10.4 Å². The number of benzene rings is 1. The fraction of sp³-hybridized carbons (Fsp3) is 0.462. The second-order valence-electron chi connectivity index (χ2n) is 4.24. The number of carbonyl (C=O) groups excluding carboxylic acids is 1. The molecule has 0 saturated carbocycles. The van der Waals surface area contributed by atoms with Crippen LogP contribution in [0.3, 0.4) is 0 Å². The quantitative estimate of drug-likeness (QED) is 0.866. The Morgan fingerprint density at radius 2 is 2.12 bits per heavy atom. The van der Waals surface area contributed by atoms with Crippen molar-refractivity contribution in [1.82, 2.24) is 5.32 Å². The molecule has 1 atom stereocenters. The van der Waals surface area contributed by atoms with Crippen molar-refractivity contribution in [2.24, 2.45) is 0 Å². The lowest BCUT2D eigenvalue weighted by Gasteiger charge is -2.20. The summed E-state index contributed by atoms with van der Waals surface area (Å²) in [7, 11) is 0. The summed E-state index contributed by atoms with van der Waals surface area (Å²) < 4.78 is 0. The first kappa shape index (κ1) is 12.3. The molecule has 0 spiro atoms. The van der Waals surface area contributed by atoms with Crippen molar-refractivity contribution < 1.29 is 9.90 Å². The summed E-state index contributed by atoms with van der Waals surface area (Å²) in [6, 6.07) is 6.92. The fourth-order valence-electron chi connectivity index (χ4n) is 1.86. The number of rotatable bonds is 3. The van der Waals surface area contributed by atoms with Gasteiger partial charge in [0, 0.05) is 6.54 Å².